The third kappa shape index (κ3) is 4.48. The molecule has 3 heteroatoms. The molecule has 0 bridgehead atoms. The molecule has 1 aromatic rings. The molecule has 1 radical (unpaired) electrons. The van der Waals surface area contributed by atoms with Gasteiger partial charge in [-0.1, -0.05) is 37.6 Å². The summed E-state index contributed by atoms with van der Waals surface area (Å²) in [5, 5.41) is 11.4. The van der Waals surface area contributed by atoms with Gasteiger partial charge >= 0.3 is 0 Å². The molecule has 0 unspecified atom stereocenters. The Balaban J connectivity index is 1.89. The molecule has 19 heavy (non-hydrogen) atoms. The maximum absolute atomic E-state index is 10.7. The van der Waals surface area contributed by atoms with Crippen molar-refractivity contribution in [1.82, 2.24) is 4.90 Å². The molecule has 0 aliphatic carbocycles. The Morgan fingerprint density at radius 1 is 1.21 bits per heavy atom. The fourth-order valence-electron chi connectivity index (χ4n) is 2.73. The smallest absolute Gasteiger partial charge is 0.0712 e. The highest BCUT2D eigenvalue weighted by atomic mass is 35.5. The van der Waals surface area contributed by atoms with Crippen LogP contribution in [0, 0.1) is 5.92 Å². The zero-order chi connectivity index (χ0) is 13.9. The molecule has 105 valence electrons. The molecule has 0 atom stereocenters. The Hall–Kier alpha value is -0.570. The lowest BCUT2D eigenvalue weighted by Gasteiger charge is -2.39. The van der Waals surface area contributed by atoms with Crippen LogP contribution in [0.2, 0.25) is 5.02 Å². The number of halogens is 1. The molecule has 0 amide bonds. The first kappa shape index (κ1) is 14.8. The van der Waals surface area contributed by atoms with Crippen molar-refractivity contribution < 1.29 is 5.11 Å². The number of benzene rings is 1. The number of piperidine rings is 1. The highest BCUT2D eigenvalue weighted by Crippen LogP contribution is 2.27. The van der Waals surface area contributed by atoms with Crippen LogP contribution in [0.25, 0.3) is 0 Å². The van der Waals surface area contributed by atoms with E-state index in [1.165, 1.54) is 11.5 Å². The normalized spacial score (nSPS) is 19.8. The molecule has 1 fully saturated rings. The first-order chi connectivity index (χ1) is 8.97. The van der Waals surface area contributed by atoms with Crippen LogP contribution in [0.1, 0.15) is 32.3 Å². The van der Waals surface area contributed by atoms with E-state index in [0.29, 0.717) is 0 Å². The van der Waals surface area contributed by atoms with Crippen LogP contribution in [0.4, 0.5) is 0 Å². The number of aliphatic hydroxyl groups is 1. The Morgan fingerprint density at radius 2 is 1.79 bits per heavy atom. The molecule has 0 spiro atoms. The lowest BCUT2D eigenvalue weighted by molar-refractivity contribution is -0.0195. The van der Waals surface area contributed by atoms with Crippen LogP contribution in [-0.2, 0) is 6.42 Å². The highest BCUT2D eigenvalue weighted by molar-refractivity contribution is 6.30. The summed E-state index contributed by atoms with van der Waals surface area (Å²) in [4.78, 5) is 2.42. The molecule has 0 aromatic heterocycles. The van der Waals surface area contributed by atoms with Crippen LogP contribution < -0.4 is 0 Å². The highest BCUT2D eigenvalue weighted by Gasteiger charge is 2.32. The van der Waals surface area contributed by atoms with E-state index in [9.17, 15) is 5.11 Å². The van der Waals surface area contributed by atoms with Crippen LogP contribution >= 0.6 is 11.6 Å². The van der Waals surface area contributed by atoms with E-state index in [2.05, 4.69) is 18.7 Å². The minimum absolute atomic E-state index is 0.550. The average molecular weight is 281 g/mol. The van der Waals surface area contributed by atoms with Crippen molar-refractivity contribution in [1.29, 1.82) is 0 Å². The first-order valence-electron chi connectivity index (χ1n) is 6.95. The van der Waals surface area contributed by atoms with Gasteiger partial charge in [0.2, 0.25) is 0 Å². The lowest BCUT2D eigenvalue weighted by Crippen LogP contribution is -2.46. The van der Waals surface area contributed by atoms with Gasteiger partial charge in [-0.05, 0) is 36.5 Å². The Morgan fingerprint density at radius 3 is 2.32 bits per heavy atom. The van der Waals surface area contributed by atoms with Gasteiger partial charge in [-0.3, -0.25) is 0 Å². The largest absolute Gasteiger partial charge is 0.389 e. The zero-order valence-corrected chi connectivity index (χ0v) is 12.6. The van der Waals surface area contributed by atoms with Gasteiger partial charge in [0.1, 0.15) is 0 Å². The summed E-state index contributed by atoms with van der Waals surface area (Å²) in [5.74, 6) is 1.43. The lowest BCUT2D eigenvalue weighted by atomic mass is 9.85. The molecule has 2 nitrogen and oxygen atoms in total. The molecule has 2 rings (SSSR count). The van der Waals surface area contributed by atoms with Crippen LogP contribution in [0.15, 0.2) is 24.3 Å². The van der Waals surface area contributed by atoms with Crippen molar-refractivity contribution in [3.05, 3.63) is 40.8 Å². The van der Waals surface area contributed by atoms with Crippen molar-refractivity contribution in [2.45, 2.75) is 38.7 Å². The molecule has 1 aliphatic heterocycles. The molecule has 1 saturated heterocycles. The fourth-order valence-corrected chi connectivity index (χ4v) is 2.86. The van der Waals surface area contributed by atoms with Gasteiger partial charge in [0, 0.05) is 31.1 Å². The van der Waals surface area contributed by atoms with Gasteiger partial charge in [0.05, 0.1) is 5.60 Å². The number of hydrogen-bond donors (Lipinski definition) is 1. The van der Waals surface area contributed by atoms with E-state index in [0.717, 1.165) is 43.9 Å². The summed E-state index contributed by atoms with van der Waals surface area (Å²) in [5.41, 5.74) is 0.616. The van der Waals surface area contributed by atoms with Gasteiger partial charge < -0.3 is 10.0 Å². The minimum Gasteiger partial charge on any atom is -0.389 e. The van der Waals surface area contributed by atoms with E-state index >= 15 is 0 Å². The standard InChI is InChI=1S/C16H23ClNO/c1-13(2)12-18-9-7-16(19,8-10-18)11-14-3-5-15(17)6-4-14/h3-6,19H,7-12H2,1-2H3. The third-order valence-corrected chi connectivity index (χ3v) is 4.03. The van der Waals surface area contributed by atoms with E-state index in [4.69, 9.17) is 11.6 Å². The predicted molar refractivity (Wildman–Crippen MR) is 80.4 cm³/mol. The number of likely N-dealkylation sites (tertiary alicyclic amines) is 1. The number of nitrogens with zero attached hydrogens (tertiary/aromatic N) is 1. The molecular formula is C16H23ClNO. The van der Waals surface area contributed by atoms with E-state index in [-0.39, 0.29) is 0 Å². The van der Waals surface area contributed by atoms with Gasteiger partial charge in [0.15, 0.2) is 0 Å². The number of rotatable bonds is 4. The molecule has 1 aliphatic rings. The Kier molecular flexibility index (Phi) is 4.88. The monoisotopic (exact) mass is 280 g/mol. The van der Waals surface area contributed by atoms with Gasteiger partial charge in [-0.25, -0.2) is 0 Å². The quantitative estimate of drug-likeness (QED) is 0.915. The van der Waals surface area contributed by atoms with Crippen LogP contribution in [0.5, 0.6) is 0 Å². The summed E-state index contributed by atoms with van der Waals surface area (Å²) in [6, 6.07) is 7.81. The predicted octanol–water partition coefficient (Wildman–Crippen LogP) is 3.32. The summed E-state index contributed by atoms with van der Waals surface area (Å²) < 4.78 is 0. The van der Waals surface area contributed by atoms with Crippen LogP contribution in [0.3, 0.4) is 0 Å². The maximum atomic E-state index is 10.7. The van der Waals surface area contributed by atoms with Crippen molar-refractivity contribution in [2.24, 2.45) is 0 Å². The fraction of sp³-hybridized carbons (Fsp3) is 0.562. The van der Waals surface area contributed by atoms with Crippen molar-refractivity contribution >= 4 is 11.6 Å². The van der Waals surface area contributed by atoms with Crippen molar-refractivity contribution in [3.63, 3.8) is 0 Å². The second-order valence-corrected chi connectivity index (χ2v) is 6.45. The third-order valence-electron chi connectivity index (χ3n) is 3.77. The van der Waals surface area contributed by atoms with Gasteiger partial charge in [-0.2, -0.15) is 0 Å². The molecule has 1 N–H and O–H groups in total. The van der Waals surface area contributed by atoms with E-state index < -0.39 is 5.60 Å². The van der Waals surface area contributed by atoms with E-state index in [1.54, 1.807) is 0 Å². The summed E-state index contributed by atoms with van der Waals surface area (Å²) in [6.07, 6.45) is 2.43. The summed E-state index contributed by atoms with van der Waals surface area (Å²) >= 11 is 5.89. The maximum Gasteiger partial charge on any atom is 0.0712 e. The topological polar surface area (TPSA) is 23.5 Å². The van der Waals surface area contributed by atoms with Crippen molar-refractivity contribution in [3.8, 4) is 0 Å². The number of hydrogen-bond acceptors (Lipinski definition) is 2. The van der Waals surface area contributed by atoms with Crippen LogP contribution in [-0.4, -0.2) is 35.2 Å². The molecule has 1 heterocycles. The second-order valence-electron chi connectivity index (χ2n) is 6.01. The molecule has 0 saturated carbocycles. The average Bonchev–Trinajstić information content (AvgIpc) is 2.35. The Labute approximate surface area is 121 Å². The summed E-state index contributed by atoms with van der Waals surface area (Å²) in [7, 11) is 0. The SMILES string of the molecule is C[C](C)CN1CCC(O)(Cc2ccc(Cl)cc2)CC1. The molecule has 1 aromatic carbocycles. The molecular weight excluding hydrogens is 258 g/mol. The van der Waals surface area contributed by atoms with E-state index in [1.807, 2.05) is 24.3 Å². The van der Waals surface area contributed by atoms with Crippen molar-refractivity contribution in [2.75, 3.05) is 19.6 Å². The second kappa shape index (κ2) is 6.25. The first-order valence-corrected chi connectivity index (χ1v) is 7.33. The summed E-state index contributed by atoms with van der Waals surface area (Å²) in [6.45, 7) is 7.34. The Bertz CT molecular complexity index is 394. The minimum atomic E-state index is -0.550. The zero-order valence-electron chi connectivity index (χ0n) is 11.8. The van der Waals surface area contributed by atoms with Gasteiger partial charge in [0.25, 0.3) is 0 Å². The van der Waals surface area contributed by atoms with Gasteiger partial charge in [-0.15, -0.1) is 0 Å².